The van der Waals surface area contributed by atoms with E-state index >= 15 is 0 Å². The Hall–Kier alpha value is -0.650. The fraction of sp³-hybridized carbons (Fsp3) is 0.900. The van der Waals surface area contributed by atoms with Crippen molar-refractivity contribution in [3.63, 3.8) is 0 Å². The number of rotatable bonds is 8. The maximum absolute atomic E-state index is 10.9. The summed E-state index contributed by atoms with van der Waals surface area (Å²) in [4.78, 5) is 14.8. The molecule has 0 bridgehead atoms. The summed E-state index contributed by atoms with van der Waals surface area (Å²) >= 11 is 0. The predicted molar refractivity (Wildman–Crippen MR) is 59.1 cm³/mol. The molecule has 0 heterocycles. The van der Waals surface area contributed by atoms with Crippen LogP contribution in [0.5, 0.6) is 0 Å². The average molecular weight is 218 g/mol. The highest BCUT2D eigenvalue weighted by molar-refractivity contribution is 5.73. The summed E-state index contributed by atoms with van der Waals surface area (Å²) in [5.41, 5.74) is 0. The van der Waals surface area contributed by atoms with E-state index in [1.54, 1.807) is 0 Å². The fourth-order valence-electron chi connectivity index (χ4n) is 1.34. The van der Waals surface area contributed by atoms with Gasteiger partial charge in [0.15, 0.2) is 0 Å². The normalized spacial score (nSPS) is 13.5. The first kappa shape index (κ1) is 14.3. The van der Waals surface area contributed by atoms with Crippen molar-refractivity contribution in [3.05, 3.63) is 0 Å². The second-order valence-corrected chi connectivity index (χ2v) is 3.95. The van der Waals surface area contributed by atoms with Crippen LogP contribution in [-0.4, -0.2) is 74.9 Å². The third-order valence-corrected chi connectivity index (χ3v) is 2.26. The highest BCUT2D eigenvalue weighted by Crippen LogP contribution is 1.99. The summed E-state index contributed by atoms with van der Waals surface area (Å²) in [6.45, 7) is 1.95. The van der Waals surface area contributed by atoms with Crippen molar-refractivity contribution in [2.75, 3.05) is 47.9 Å². The molecule has 0 radical (unpaired) electrons. The van der Waals surface area contributed by atoms with E-state index < -0.39 is 12.0 Å². The predicted octanol–water partition coefficient (Wildman–Crippen LogP) is -0.0305. The number of likely N-dealkylation sites (N-methyl/N-ethyl adjacent to an activating group) is 1. The number of carboxylic acids is 1. The molecular formula is C10H22N2O3. The molecule has 0 aliphatic rings. The topological polar surface area (TPSA) is 53.0 Å². The smallest absolute Gasteiger partial charge is 0.323 e. The Morgan fingerprint density at radius 3 is 2.33 bits per heavy atom. The molecule has 0 aromatic heterocycles. The van der Waals surface area contributed by atoms with Crippen molar-refractivity contribution < 1.29 is 14.6 Å². The Balaban J connectivity index is 3.91. The van der Waals surface area contributed by atoms with Gasteiger partial charge in [0.2, 0.25) is 0 Å². The lowest BCUT2D eigenvalue weighted by Crippen LogP contribution is -2.42. The van der Waals surface area contributed by atoms with Gasteiger partial charge >= 0.3 is 5.97 Å². The number of carbonyl (C=O) groups is 1. The van der Waals surface area contributed by atoms with Gasteiger partial charge in [0.1, 0.15) is 6.04 Å². The minimum absolute atomic E-state index is 0.230. The van der Waals surface area contributed by atoms with Crippen molar-refractivity contribution >= 4 is 5.97 Å². The molecule has 1 unspecified atom stereocenters. The van der Waals surface area contributed by atoms with Gasteiger partial charge in [0.05, 0.1) is 6.61 Å². The van der Waals surface area contributed by atoms with Crippen LogP contribution in [0.1, 0.15) is 6.42 Å². The van der Waals surface area contributed by atoms with Crippen molar-refractivity contribution in [3.8, 4) is 0 Å². The van der Waals surface area contributed by atoms with Crippen molar-refractivity contribution in [1.82, 2.24) is 9.80 Å². The van der Waals surface area contributed by atoms with E-state index in [0.717, 1.165) is 19.5 Å². The third-order valence-electron chi connectivity index (χ3n) is 2.26. The molecule has 5 heteroatoms. The van der Waals surface area contributed by atoms with Gasteiger partial charge in [-0.1, -0.05) is 0 Å². The summed E-state index contributed by atoms with van der Waals surface area (Å²) in [6.07, 6.45) is 0.955. The van der Waals surface area contributed by atoms with Crippen molar-refractivity contribution in [1.29, 1.82) is 0 Å². The molecule has 0 aliphatic carbocycles. The summed E-state index contributed by atoms with van der Waals surface area (Å²) in [5.74, 6) is -0.829. The number of carboxylic acid groups (broad SMARTS) is 1. The molecule has 0 spiro atoms. The quantitative estimate of drug-likeness (QED) is 0.620. The first-order chi connectivity index (χ1) is 6.99. The van der Waals surface area contributed by atoms with Gasteiger partial charge in [0, 0.05) is 7.11 Å². The zero-order valence-electron chi connectivity index (χ0n) is 10.1. The molecule has 0 saturated heterocycles. The van der Waals surface area contributed by atoms with Gasteiger partial charge in [-0.15, -0.1) is 0 Å². The SMILES string of the molecule is COCC(C(=O)O)N(C)CCCN(C)C. The molecule has 0 aromatic carbocycles. The van der Waals surface area contributed by atoms with E-state index in [0.29, 0.717) is 0 Å². The van der Waals surface area contributed by atoms with Crippen LogP contribution in [0.25, 0.3) is 0 Å². The third kappa shape index (κ3) is 6.43. The summed E-state index contributed by atoms with van der Waals surface area (Å²) < 4.78 is 4.88. The van der Waals surface area contributed by atoms with Crippen LogP contribution in [0, 0.1) is 0 Å². The first-order valence-corrected chi connectivity index (χ1v) is 5.05. The summed E-state index contributed by atoms with van der Waals surface area (Å²) in [7, 11) is 7.34. The van der Waals surface area contributed by atoms with E-state index in [-0.39, 0.29) is 6.61 Å². The number of methoxy groups -OCH3 is 1. The van der Waals surface area contributed by atoms with E-state index in [1.807, 2.05) is 26.0 Å². The second kappa shape index (κ2) is 7.62. The Labute approximate surface area is 91.6 Å². The number of ether oxygens (including phenoxy) is 1. The van der Waals surface area contributed by atoms with Crippen molar-refractivity contribution in [2.24, 2.45) is 0 Å². The zero-order valence-corrected chi connectivity index (χ0v) is 10.1. The zero-order chi connectivity index (χ0) is 11.8. The molecule has 0 amide bonds. The van der Waals surface area contributed by atoms with Crippen LogP contribution >= 0.6 is 0 Å². The van der Waals surface area contributed by atoms with Gasteiger partial charge in [-0.3, -0.25) is 9.69 Å². The maximum atomic E-state index is 10.9. The van der Waals surface area contributed by atoms with Gasteiger partial charge < -0.3 is 14.7 Å². The highest BCUT2D eigenvalue weighted by atomic mass is 16.5. The summed E-state index contributed by atoms with van der Waals surface area (Å²) in [5, 5.41) is 8.95. The Kier molecular flexibility index (Phi) is 7.29. The molecule has 0 aromatic rings. The molecule has 0 saturated carbocycles. The number of aliphatic carboxylic acids is 1. The molecular weight excluding hydrogens is 196 g/mol. The Morgan fingerprint density at radius 2 is 1.93 bits per heavy atom. The van der Waals surface area contributed by atoms with E-state index in [2.05, 4.69) is 4.90 Å². The molecule has 1 N–H and O–H groups in total. The molecule has 15 heavy (non-hydrogen) atoms. The minimum Gasteiger partial charge on any atom is -0.480 e. The summed E-state index contributed by atoms with van der Waals surface area (Å²) in [6, 6.07) is -0.544. The molecule has 1 atom stereocenters. The van der Waals surface area contributed by atoms with E-state index in [1.165, 1.54) is 7.11 Å². The molecule has 5 nitrogen and oxygen atoms in total. The van der Waals surface area contributed by atoms with Crippen LogP contribution in [0.2, 0.25) is 0 Å². The Bertz CT molecular complexity index is 186. The highest BCUT2D eigenvalue weighted by Gasteiger charge is 2.21. The lowest BCUT2D eigenvalue weighted by atomic mass is 10.2. The van der Waals surface area contributed by atoms with Crippen LogP contribution in [0.4, 0.5) is 0 Å². The standard InChI is InChI=1S/C10H22N2O3/c1-11(2)6-5-7-12(3)9(8-15-4)10(13)14/h9H,5-8H2,1-4H3,(H,13,14). The molecule has 0 rings (SSSR count). The monoisotopic (exact) mass is 218 g/mol. The Morgan fingerprint density at radius 1 is 1.33 bits per heavy atom. The molecule has 0 aliphatic heterocycles. The fourth-order valence-corrected chi connectivity index (χ4v) is 1.34. The van der Waals surface area contributed by atoms with Crippen LogP contribution in [0.3, 0.4) is 0 Å². The van der Waals surface area contributed by atoms with E-state index in [9.17, 15) is 4.79 Å². The molecule has 90 valence electrons. The minimum atomic E-state index is -0.829. The van der Waals surface area contributed by atoms with Crippen LogP contribution in [0.15, 0.2) is 0 Å². The van der Waals surface area contributed by atoms with Crippen LogP contribution in [-0.2, 0) is 9.53 Å². The second-order valence-electron chi connectivity index (χ2n) is 3.95. The van der Waals surface area contributed by atoms with Gasteiger partial charge in [-0.05, 0) is 40.7 Å². The first-order valence-electron chi connectivity index (χ1n) is 5.05. The largest absolute Gasteiger partial charge is 0.480 e. The number of hydrogen-bond donors (Lipinski definition) is 1. The van der Waals surface area contributed by atoms with Crippen molar-refractivity contribution in [2.45, 2.75) is 12.5 Å². The number of nitrogens with zero attached hydrogens (tertiary/aromatic N) is 2. The van der Waals surface area contributed by atoms with Gasteiger partial charge in [-0.2, -0.15) is 0 Å². The number of hydrogen-bond acceptors (Lipinski definition) is 4. The van der Waals surface area contributed by atoms with E-state index in [4.69, 9.17) is 9.84 Å². The van der Waals surface area contributed by atoms with Gasteiger partial charge in [-0.25, -0.2) is 0 Å². The average Bonchev–Trinajstić information content (AvgIpc) is 2.12. The van der Waals surface area contributed by atoms with Gasteiger partial charge in [0.25, 0.3) is 0 Å². The van der Waals surface area contributed by atoms with Crippen LogP contribution < -0.4 is 0 Å². The maximum Gasteiger partial charge on any atom is 0.323 e. The molecule has 0 fully saturated rings. The lowest BCUT2D eigenvalue weighted by molar-refractivity contribution is -0.144. The lowest BCUT2D eigenvalue weighted by Gasteiger charge is -2.24.